The molecule has 0 unspecified atom stereocenters. The van der Waals surface area contributed by atoms with Gasteiger partial charge in [0.15, 0.2) is 0 Å². The van der Waals surface area contributed by atoms with E-state index in [1.165, 1.54) is 11.8 Å². The molecule has 1 aliphatic rings. The number of hydrogen-bond acceptors (Lipinski definition) is 5. The van der Waals surface area contributed by atoms with Gasteiger partial charge in [0.05, 0.1) is 21.6 Å². The van der Waals surface area contributed by atoms with E-state index >= 15 is 0 Å². The maximum Gasteiger partial charge on any atom is 0.336 e. The number of aryl methyl sites for hydroxylation is 1. The van der Waals surface area contributed by atoms with Crippen LogP contribution in [-0.2, 0) is 0 Å². The fraction of sp³-hybridized carbons (Fsp3) is 0.200. The molecule has 168 valence electrons. The number of aromatic amines is 1. The molecule has 0 bridgehead atoms. The highest BCUT2D eigenvalue weighted by atomic mass is 35.5. The summed E-state index contributed by atoms with van der Waals surface area (Å²) in [5, 5.41) is 13.3. The number of halogens is 1. The molecule has 2 heterocycles. The van der Waals surface area contributed by atoms with Gasteiger partial charge in [0.2, 0.25) is 0 Å². The van der Waals surface area contributed by atoms with Crippen LogP contribution in [0.2, 0.25) is 5.02 Å². The number of rotatable bonds is 5. The summed E-state index contributed by atoms with van der Waals surface area (Å²) in [5.41, 5.74) is 5.40. The molecule has 7 nitrogen and oxygen atoms in total. The standard InChI is InChI=1S/C25H23ClN4O3/c1-15-2-7-18(12-19(15)24(31)32)33-25-28-22-13-20(21(26)14-23(22)29-25)16-3-5-17(6-4-16)30-10-8-27-9-11-30/h2-7,12-14,27H,8-11H2,1H3,(H,28,29)(H,31,32). The first-order valence-corrected chi connectivity index (χ1v) is 11.1. The zero-order valence-electron chi connectivity index (χ0n) is 18.1. The first kappa shape index (κ1) is 21.3. The number of aromatic nitrogens is 2. The van der Waals surface area contributed by atoms with Gasteiger partial charge in [-0.1, -0.05) is 29.8 Å². The van der Waals surface area contributed by atoms with Crippen molar-refractivity contribution in [1.29, 1.82) is 0 Å². The molecule has 4 aromatic rings. The second-order valence-electron chi connectivity index (χ2n) is 8.06. The van der Waals surface area contributed by atoms with Crippen LogP contribution in [-0.4, -0.2) is 47.2 Å². The Morgan fingerprint density at radius 3 is 2.58 bits per heavy atom. The maximum atomic E-state index is 11.4. The molecule has 1 saturated heterocycles. The third-order valence-electron chi connectivity index (χ3n) is 5.86. The highest BCUT2D eigenvalue weighted by Gasteiger charge is 2.14. The lowest BCUT2D eigenvalue weighted by atomic mass is 10.0. The molecule has 3 aromatic carbocycles. The molecule has 8 heteroatoms. The quantitative estimate of drug-likeness (QED) is 0.382. The lowest BCUT2D eigenvalue weighted by molar-refractivity contribution is 0.0695. The SMILES string of the molecule is Cc1ccc(Oc2nc3cc(-c4ccc(N5CCNCC5)cc4)c(Cl)cc3[nH]2)cc1C(=O)O. The van der Waals surface area contributed by atoms with Crippen LogP contribution in [0.5, 0.6) is 11.8 Å². The second-order valence-corrected chi connectivity index (χ2v) is 8.47. The van der Waals surface area contributed by atoms with Crippen molar-refractivity contribution in [1.82, 2.24) is 15.3 Å². The van der Waals surface area contributed by atoms with Crippen LogP contribution in [0.3, 0.4) is 0 Å². The number of ether oxygens (including phenoxy) is 1. The van der Waals surface area contributed by atoms with Crippen LogP contribution in [0.25, 0.3) is 22.2 Å². The Labute approximate surface area is 196 Å². The molecule has 0 atom stereocenters. The largest absolute Gasteiger partial charge is 0.478 e. The Bertz CT molecular complexity index is 1330. The third kappa shape index (κ3) is 4.37. The molecule has 0 amide bonds. The number of imidazole rings is 1. The highest BCUT2D eigenvalue weighted by Crippen LogP contribution is 2.34. The third-order valence-corrected chi connectivity index (χ3v) is 6.18. The molecule has 0 aliphatic carbocycles. The summed E-state index contributed by atoms with van der Waals surface area (Å²) in [6.45, 7) is 5.73. The molecule has 0 spiro atoms. The van der Waals surface area contributed by atoms with Crippen molar-refractivity contribution in [3.05, 3.63) is 70.7 Å². The van der Waals surface area contributed by atoms with Gasteiger partial charge in [0, 0.05) is 37.4 Å². The van der Waals surface area contributed by atoms with Crippen LogP contribution in [0, 0.1) is 6.92 Å². The number of aromatic carboxylic acids is 1. The number of fused-ring (bicyclic) bond motifs is 1. The van der Waals surface area contributed by atoms with Gasteiger partial charge in [0.25, 0.3) is 6.01 Å². The summed E-state index contributed by atoms with van der Waals surface area (Å²) in [6, 6.07) is 17.3. The van der Waals surface area contributed by atoms with E-state index in [-0.39, 0.29) is 11.6 Å². The van der Waals surface area contributed by atoms with Crippen LogP contribution >= 0.6 is 11.6 Å². The normalized spacial score (nSPS) is 13.9. The molecular weight excluding hydrogens is 440 g/mol. The lowest BCUT2D eigenvalue weighted by Crippen LogP contribution is -2.43. The number of nitrogens with one attached hydrogen (secondary N) is 2. The summed E-state index contributed by atoms with van der Waals surface area (Å²) in [6.07, 6.45) is 0. The summed E-state index contributed by atoms with van der Waals surface area (Å²) >= 11 is 6.60. The zero-order chi connectivity index (χ0) is 22.9. The predicted octanol–water partition coefficient (Wildman–Crippen LogP) is 5.09. The van der Waals surface area contributed by atoms with E-state index in [1.807, 2.05) is 12.1 Å². The van der Waals surface area contributed by atoms with Crippen LogP contribution in [0.1, 0.15) is 15.9 Å². The Kier molecular flexibility index (Phi) is 5.66. The molecule has 1 aromatic heterocycles. The van der Waals surface area contributed by atoms with Gasteiger partial charge < -0.3 is 25.0 Å². The number of hydrogen-bond donors (Lipinski definition) is 3. The summed E-state index contributed by atoms with van der Waals surface area (Å²) in [4.78, 5) is 21.4. The van der Waals surface area contributed by atoms with Crippen molar-refractivity contribution in [3.8, 4) is 22.9 Å². The highest BCUT2D eigenvalue weighted by molar-refractivity contribution is 6.34. The molecule has 33 heavy (non-hydrogen) atoms. The topological polar surface area (TPSA) is 90.5 Å². The summed E-state index contributed by atoms with van der Waals surface area (Å²) in [5.74, 6) is -0.603. The molecule has 1 fully saturated rings. The first-order valence-electron chi connectivity index (χ1n) is 10.7. The average Bonchev–Trinajstić information content (AvgIpc) is 3.21. The fourth-order valence-corrected chi connectivity index (χ4v) is 4.33. The number of carbonyl (C=O) groups is 1. The number of nitrogens with zero attached hydrogens (tertiary/aromatic N) is 2. The molecule has 0 radical (unpaired) electrons. The smallest absolute Gasteiger partial charge is 0.336 e. The molecule has 3 N–H and O–H groups in total. The predicted molar refractivity (Wildman–Crippen MR) is 130 cm³/mol. The lowest BCUT2D eigenvalue weighted by Gasteiger charge is -2.29. The van der Waals surface area contributed by atoms with Crippen molar-refractivity contribution >= 4 is 34.3 Å². The average molecular weight is 463 g/mol. The molecule has 5 rings (SSSR count). The van der Waals surface area contributed by atoms with E-state index in [4.69, 9.17) is 16.3 Å². The van der Waals surface area contributed by atoms with Crippen molar-refractivity contribution in [3.63, 3.8) is 0 Å². The monoisotopic (exact) mass is 462 g/mol. The van der Waals surface area contributed by atoms with Crippen molar-refractivity contribution in [2.45, 2.75) is 6.92 Å². The zero-order valence-corrected chi connectivity index (χ0v) is 18.8. The number of benzene rings is 3. The molecule has 0 saturated carbocycles. The van der Waals surface area contributed by atoms with E-state index in [1.54, 1.807) is 19.1 Å². The minimum absolute atomic E-state index is 0.193. The maximum absolute atomic E-state index is 11.4. The van der Waals surface area contributed by atoms with Gasteiger partial charge in [-0.25, -0.2) is 4.79 Å². The summed E-state index contributed by atoms with van der Waals surface area (Å²) < 4.78 is 5.79. The minimum Gasteiger partial charge on any atom is -0.478 e. The van der Waals surface area contributed by atoms with E-state index < -0.39 is 5.97 Å². The minimum atomic E-state index is -0.998. The van der Waals surface area contributed by atoms with Gasteiger partial charge >= 0.3 is 5.97 Å². The second kappa shape index (κ2) is 8.77. The fourth-order valence-electron chi connectivity index (χ4n) is 4.06. The van der Waals surface area contributed by atoms with Crippen LogP contribution in [0.4, 0.5) is 5.69 Å². The van der Waals surface area contributed by atoms with Crippen LogP contribution in [0.15, 0.2) is 54.6 Å². The van der Waals surface area contributed by atoms with E-state index in [9.17, 15) is 9.90 Å². The van der Waals surface area contributed by atoms with Crippen molar-refractivity contribution in [2.75, 3.05) is 31.1 Å². The Hall–Kier alpha value is -3.55. The Morgan fingerprint density at radius 1 is 1.09 bits per heavy atom. The summed E-state index contributed by atoms with van der Waals surface area (Å²) in [7, 11) is 0. The van der Waals surface area contributed by atoms with Gasteiger partial charge in [-0.2, -0.15) is 4.98 Å². The molecule has 1 aliphatic heterocycles. The molecular formula is C25H23ClN4O3. The number of piperazine rings is 1. The van der Waals surface area contributed by atoms with E-state index in [2.05, 4.69) is 44.5 Å². The Morgan fingerprint density at radius 2 is 1.85 bits per heavy atom. The van der Waals surface area contributed by atoms with Crippen molar-refractivity contribution < 1.29 is 14.6 Å². The van der Waals surface area contributed by atoms with Gasteiger partial charge in [-0.05, 0) is 54.4 Å². The Balaban J connectivity index is 1.41. The number of H-pyrrole nitrogens is 1. The van der Waals surface area contributed by atoms with Crippen molar-refractivity contribution in [2.24, 2.45) is 0 Å². The first-order chi connectivity index (χ1) is 16.0. The van der Waals surface area contributed by atoms with E-state index in [0.29, 0.717) is 21.9 Å². The van der Waals surface area contributed by atoms with Crippen LogP contribution < -0.4 is 15.0 Å². The van der Waals surface area contributed by atoms with Gasteiger partial charge in [-0.3, -0.25) is 0 Å². The van der Waals surface area contributed by atoms with Gasteiger partial charge in [0.1, 0.15) is 5.75 Å². The number of anilines is 1. The van der Waals surface area contributed by atoms with Gasteiger partial charge in [-0.15, -0.1) is 0 Å². The number of carboxylic acid groups (broad SMARTS) is 1. The van der Waals surface area contributed by atoms with E-state index in [0.717, 1.165) is 42.8 Å². The number of carboxylic acids is 1.